The fourth-order valence-corrected chi connectivity index (χ4v) is 1.02. The lowest BCUT2D eigenvalue weighted by Crippen LogP contribution is -2.13. The molecule has 0 bridgehead atoms. The molecule has 0 nitrogen and oxygen atoms in total. The molecule has 1 aliphatic carbocycles. The molecule has 8 heavy (non-hydrogen) atoms. The Morgan fingerprint density at radius 2 is 2.12 bits per heavy atom. The summed E-state index contributed by atoms with van der Waals surface area (Å²) in [5.74, 6) is 0.780. The summed E-state index contributed by atoms with van der Waals surface area (Å²) in [5, 5.41) is 0. The average molecular weight is 110 g/mol. The molecule has 0 aromatic carbocycles. The minimum atomic E-state index is 0.542. The molecule has 46 valence electrons. The maximum Gasteiger partial charge on any atom is -0.0208 e. The van der Waals surface area contributed by atoms with Crippen molar-refractivity contribution in [2.45, 2.75) is 27.2 Å². The summed E-state index contributed by atoms with van der Waals surface area (Å²) in [5.41, 5.74) is 0.542. The van der Waals surface area contributed by atoms with E-state index in [1.165, 1.54) is 6.42 Å². The number of hydrogen-bond donors (Lipinski definition) is 0. The van der Waals surface area contributed by atoms with Crippen LogP contribution in [-0.4, -0.2) is 0 Å². The molecule has 0 saturated heterocycles. The van der Waals surface area contributed by atoms with Crippen molar-refractivity contribution in [2.24, 2.45) is 11.3 Å². The van der Waals surface area contributed by atoms with Crippen LogP contribution in [0.25, 0.3) is 0 Å². The zero-order valence-electron chi connectivity index (χ0n) is 5.94. The molecule has 0 N–H and O–H groups in total. The standard InChI is InChI=1S/C8H14/c1-7-5-4-6-8(7,2)3/h4-5,7H,6H2,1-3H3. The third kappa shape index (κ3) is 0.795. The molecule has 1 atom stereocenters. The smallest absolute Gasteiger partial charge is 0.0208 e. The Labute approximate surface area is 51.6 Å². The van der Waals surface area contributed by atoms with Gasteiger partial charge in [-0.25, -0.2) is 0 Å². The van der Waals surface area contributed by atoms with Crippen LogP contribution >= 0.6 is 0 Å². The number of allylic oxidation sites excluding steroid dienone is 2. The second-order valence-electron chi connectivity index (χ2n) is 3.41. The van der Waals surface area contributed by atoms with Crippen molar-refractivity contribution in [3.63, 3.8) is 0 Å². The highest BCUT2D eigenvalue weighted by Gasteiger charge is 2.25. The monoisotopic (exact) mass is 110 g/mol. The van der Waals surface area contributed by atoms with Gasteiger partial charge in [0, 0.05) is 0 Å². The van der Waals surface area contributed by atoms with Gasteiger partial charge in [0.25, 0.3) is 0 Å². The van der Waals surface area contributed by atoms with Gasteiger partial charge in [0.2, 0.25) is 0 Å². The van der Waals surface area contributed by atoms with Gasteiger partial charge in [-0.3, -0.25) is 0 Å². The van der Waals surface area contributed by atoms with Crippen LogP contribution in [0.4, 0.5) is 0 Å². The maximum absolute atomic E-state index is 2.32. The third-order valence-corrected chi connectivity index (χ3v) is 2.30. The minimum absolute atomic E-state index is 0.542. The maximum atomic E-state index is 2.32. The minimum Gasteiger partial charge on any atom is -0.0877 e. The van der Waals surface area contributed by atoms with Crippen LogP contribution in [0, 0.1) is 11.3 Å². The Balaban J connectivity index is 2.64. The van der Waals surface area contributed by atoms with Crippen LogP contribution < -0.4 is 0 Å². The van der Waals surface area contributed by atoms with Gasteiger partial charge in [-0.05, 0) is 17.8 Å². The summed E-state index contributed by atoms with van der Waals surface area (Å²) < 4.78 is 0. The van der Waals surface area contributed by atoms with Crippen molar-refractivity contribution >= 4 is 0 Å². The van der Waals surface area contributed by atoms with Crippen molar-refractivity contribution in [1.29, 1.82) is 0 Å². The van der Waals surface area contributed by atoms with Crippen molar-refractivity contribution in [3.8, 4) is 0 Å². The Morgan fingerprint density at radius 1 is 1.50 bits per heavy atom. The first kappa shape index (κ1) is 5.87. The van der Waals surface area contributed by atoms with Crippen LogP contribution in [0.5, 0.6) is 0 Å². The Kier molecular flexibility index (Phi) is 1.18. The van der Waals surface area contributed by atoms with E-state index in [-0.39, 0.29) is 0 Å². The molecule has 0 heteroatoms. The molecule has 0 aliphatic heterocycles. The van der Waals surface area contributed by atoms with E-state index < -0.39 is 0 Å². The lowest BCUT2D eigenvalue weighted by Gasteiger charge is -2.22. The third-order valence-electron chi connectivity index (χ3n) is 2.30. The largest absolute Gasteiger partial charge is 0.0877 e. The fourth-order valence-electron chi connectivity index (χ4n) is 1.02. The Hall–Kier alpha value is -0.260. The van der Waals surface area contributed by atoms with Crippen molar-refractivity contribution in [1.82, 2.24) is 0 Å². The molecule has 0 spiro atoms. The second-order valence-corrected chi connectivity index (χ2v) is 3.41. The van der Waals surface area contributed by atoms with Gasteiger partial charge in [0.15, 0.2) is 0 Å². The molecular weight excluding hydrogens is 96.1 g/mol. The van der Waals surface area contributed by atoms with E-state index in [4.69, 9.17) is 0 Å². The highest BCUT2D eigenvalue weighted by molar-refractivity contribution is 5.03. The molecule has 1 rings (SSSR count). The first-order valence-corrected chi connectivity index (χ1v) is 3.29. The molecule has 0 saturated carbocycles. The van der Waals surface area contributed by atoms with Crippen LogP contribution in [-0.2, 0) is 0 Å². The normalized spacial score (nSPS) is 33.6. The highest BCUT2D eigenvalue weighted by atomic mass is 14.3. The number of hydrogen-bond acceptors (Lipinski definition) is 0. The molecule has 0 fully saturated rings. The zero-order valence-corrected chi connectivity index (χ0v) is 5.94. The zero-order chi connectivity index (χ0) is 6.20. The quantitative estimate of drug-likeness (QED) is 0.420. The topological polar surface area (TPSA) is 0 Å². The van der Waals surface area contributed by atoms with E-state index in [0.717, 1.165) is 5.92 Å². The van der Waals surface area contributed by atoms with E-state index in [9.17, 15) is 0 Å². The summed E-state index contributed by atoms with van der Waals surface area (Å²) in [6.45, 7) is 6.92. The molecule has 0 radical (unpaired) electrons. The van der Waals surface area contributed by atoms with E-state index in [2.05, 4.69) is 32.9 Å². The lowest BCUT2D eigenvalue weighted by molar-refractivity contribution is 0.304. The van der Waals surface area contributed by atoms with Crippen LogP contribution in [0.1, 0.15) is 27.2 Å². The van der Waals surface area contributed by atoms with Crippen molar-refractivity contribution < 1.29 is 0 Å². The van der Waals surface area contributed by atoms with Gasteiger partial charge in [0.1, 0.15) is 0 Å². The van der Waals surface area contributed by atoms with Gasteiger partial charge in [-0.1, -0.05) is 32.9 Å². The molecule has 1 unspecified atom stereocenters. The molecular formula is C8H14. The van der Waals surface area contributed by atoms with Gasteiger partial charge >= 0.3 is 0 Å². The summed E-state index contributed by atoms with van der Waals surface area (Å²) in [7, 11) is 0. The molecule has 0 aromatic rings. The summed E-state index contributed by atoms with van der Waals surface area (Å²) >= 11 is 0. The summed E-state index contributed by atoms with van der Waals surface area (Å²) in [6, 6.07) is 0. The van der Waals surface area contributed by atoms with Crippen LogP contribution in [0.15, 0.2) is 12.2 Å². The summed E-state index contributed by atoms with van der Waals surface area (Å²) in [6.07, 6.45) is 5.85. The van der Waals surface area contributed by atoms with E-state index in [0.29, 0.717) is 5.41 Å². The van der Waals surface area contributed by atoms with Gasteiger partial charge < -0.3 is 0 Å². The Bertz CT molecular complexity index is 109. The number of rotatable bonds is 0. The van der Waals surface area contributed by atoms with Crippen LogP contribution in [0.2, 0.25) is 0 Å². The predicted octanol–water partition coefficient (Wildman–Crippen LogP) is 2.61. The molecule has 0 heterocycles. The van der Waals surface area contributed by atoms with E-state index in [1.807, 2.05) is 0 Å². The van der Waals surface area contributed by atoms with Crippen molar-refractivity contribution in [3.05, 3.63) is 12.2 Å². The fraction of sp³-hybridized carbons (Fsp3) is 0.750. The van der Waals surface area contributed by atoms with E-state index >= 15 is 0 Å². The van der Waals surface area contributed by atoms with Gasteiger partial charge in [-0.2, -0.15) is 0 Å². The lowest BCUT2D eigenvalue weighted by atomic mass is 9.83. The highest BCUT2D eigenvalue weighted by Crippen LogP contribution is 2.36. The van der Waals surface area contributed by atoms with Gasteiger partial charge in [0.05, 0.1) is 0 Å². The van der Waals surface area contributed by atoms with Crippen LogP contribution in [0.3, 0.4) is 0 Å². The van der Waals surface area contributed by atoms with Gasteiger partial charge in [-0.15, -0.1) is 0 Å². The molecule has 0 aromatic heterocycles. The van der Waals surface area contributed by atoms with Crippen molar-refractivity contribution in [2.75, 3.05) is 0 Å². The van der Waals surface area contributed by atoms with E-state index in [1.54, 1.807) is 0 Å². The predicted molar refractivity (Wildman–Crippen MR) is 36.7 cm³/mol. The SMILES string of the molecule is CC1C=CCC1(C)C. The first-order chi connectivity index (χ1) is 3.63. The summed E-state index contributed by atoms with van der Waals surface area (Å²) in [4.78, 5) is 0. The first-order valence-electron chi connectivity index (χ1n) is 3.29. The molecule has 0 amide bonds. The molecule has 1 aliphatic rings. The second kappa shape index (κ2) is 1.61. The average Bonchev–Trinajstić information content (AvgIpc) is 1.86. The Morgan fingerprint density at radius 3 is 2.25 bits per heavy atom.